The lowest BCUT2D eigenvalue weighted by Crippen LogP contribution is -2.15. The fourth-order valence-electron chi connectivity index (χ4n) is 2.29. The number of anilines is 1. The molecule has 0 unspecified atom stereocenters. The van der Waals surface area contributed by atoms with Crippen molar-refractivity contribution in [1.82, 2.24) is 0 Å². The van der Waals surface area contributed by atoms with Crippen LogP contribution in [0.25, 0.3) is 0 Å². The third-order valence-corrected chi connectivity index (χ3v) is 4.81. The number of hydrogen-bond acceptors (Lipinski definition) is 3. The molecule has 0 saturated heterocycles. The Morgan fingerprint density at radius 1 is 1.11 bits per heavy atom. The predicted molar refractivity (Wildman–Crippen MR) is 99.5 cm³/mol. The molecule has 27 heavy (non-hydrogen) atoms. The van der Waals surface area contributed by atoms with Crippen molar-refractivity contribution in [2.45, 2.75) is 12.8 Å². The lowest BCUT2D eigenvalue weighted by Gasteiger charge is -2.12. The molecule has 3 nitrogen and oxygen atoms in total. The predicted octanol–water partition coefficient (Wildman–Crippen LogP) is 6.25. The van der Waals surface area contributed by atoms with Crippen LogP contribution in [-0.2, 0) is 12.8 Å². The zero-order chi connectivity index (χ0) is 19.4. The summed E-state index contributed by atoms with van der Waals surface area (Å²) in [5.41, 5.74) is -0.423. The summed E-state index contributed by atoms with van der Waals surface area (Å²) in [6.45, 7) is 0.227. The van der Waals surface area contributed by atoms with Gasteiger partial charge in [0, 0.05) is 10.6 Å². The van der Waals surface area contributed by atoms with Crippen LogP contribution in [0.3, 0.4) is 0 Å². The molecule has 0 aliphatic rings. The highest BCUT2D eigenvalue weighted by Crippen LogP contribution is 2.35. The smallest absolute Gasteiger partial charge is 0.418 e. The first-order valence-corrected chi connectivity index (χ1v) is 9.02. The molecule has 0 bridgehead atoms. The quantitative estimate of drug-likeness (QED) is 0.538. The van der Waals surface area contributed by atoms with Gasteiger partial charge < -0.3 is 10.1 Å². The van der Waals surface area contributed by atoms with Crippen molar-refractivity contribution in [3.63, 3.8) is 0 Å². The van der Waals surface area contributed by atoms with E-state index in [1.807, 2.05) is 0 Å². The SMILES string of the molecule is O=C(Nc1ccccc1C(F)(F)F)c1cc(COc2ccc(Cl)cc2)cs1. The van der Waals surface area contributed by atoms with Crippen LogP contribution in [0.15, 0.2) is 60.0 Å². The standard InChI is InChI=1S/C19H13ClF3NO2S/c20-13-5-7-14(8-6-13)26-10-12-9-17(27-11-12)18(25)24-16-4-2-1-3-15(16)19(21,22)23/h1-9,11H,10H2,(H,24,25). The first-order valence-electron chi connectivity index (χ1n) is 7.76. The van der Waals surface area contributed by atoms with Crippen LogP contribution in [0, 0.1) is 0 Å². The van der Waals surface area contributed by atoms with Crippen LogP contribution in [0.5, 0.6) is 5.75 Å². The van der Waals surface area contributed by atoms with E-state index in [9.17, 15) is 18.0 Å². The summed E-state index contributed by atoms with van der Waals surface area (Å²) in [5.74, 6) is 0.0187. The molecule has 140 valence electrons. The van der Waals surface area contributed by atoms with E-state index < -0.39 is 17.6 Å². The van der Waals surface area contributed by atoms with Crippen molar-refractivity contribution in [2.75, 3.05) is 5.32 Å². The third kappa shape index (κ3) is 5.02. The monoisotopic (exact) mass is 411 g/mol. The fourth-order valence-corrected chi connectivity index (χ4v) is 3.21. The van der Waals surface area contributed by atoms with Crippen molar-refractivity contribution in [3.8, 4) is 5.75 Å². The Bertz CT molecular complexity index is 939. The number of hydrogen-bond donors (Lipinski definition) is 1. The third-order valence-electron chi connectivity index (χ3n) is 3.58. The van der Waals surface area contributed by atoms with E-state index in [4.69, 9.17) is 16.3 Å². The van der Waals surface area contributed by atoms with Gasteiger partial charge in [-0.25, -0.2) is 0 Å². The molecule has 0 radical (unpaired) electrons. The minimum Gasteiger partial charge on any atom is -0.489 e. The van der Waals surface area contributed by atoms with Gasteiger partial charge in [-0.2, -0.15) is 13.2 Å². The summed E-state index contributed by atoms with van der Waals surface area (Å²) in [6, 6.07) is 13.3. The maximum absolute atomic E-state index is 13.0. The van der Waals surface area contributed by atoms with Gasteiger partial charge in [-0.05, 0) is 47.8 Å². The molecular formula is C19H13ClF3NO2S. The number of carbonyl (C=O) groups excluding carboxylic acids is 1. The van der Waals surface area contributed by atoms with Crippen LogP contribution in [0.1, 0.15) is 20.8 Å². The maximum Gasteiger partial charge on any atom is 0.418 e. The molecule has 1 amide bonds. The minimum absolute atomic E-state index is 0.227. The largest absolute Gasteiger partial charge is 0.489 e. The number of alkyl halides is 3. The lowest BCUT2D eigenvalue weighted by atomic mass is 10.1. The number of para-hydroxylation sites is 1. The van der Waals surface area contributed by atoms with E-state index in [-0.39, 0.29) is 12.3 Å². The average Bonchev–Trinajstić information content (AvgIpc) is 3.10. The van der Waals surface area contributed by atoms with E-state index in [2.05, 4.69) is 5.32 Å². The van der Waals surface area contributed by atoms with Gasteiger partial charge in [-0.15, -0.1) is 11.3 Å². The van der Waals surface area contributed by atoms with Crippen LogP contribution < -0.4 is 10.1 Å². The molecule has 0 aliphatic heterocycles. The van der Waals surface area contributed by atoms with Crippen LogP contribution >= 0.6 is 22.9 Å². The summed E-state index contributed by atoms with van der Waals surface area (Å²) < 4.78 is 44.6. The first-order chi connectivity index (χ1) is 12.8. The fraction of sp³-hybridized carbons (Fsp3) is 0.105. The van der Waals surface area contributed by atoms with Gasteiger partial charge in [0.05, 0.1) is 16.1 Å². The molecule has 0 aliphatic carbocycles. The molecule has 0 fully saturated rings. The zero-order valence-corrected chi connectivity index (χ0v) is 15.3. The van der Waals surface area contributed by atoms with Gasteiger partial charge in [-0.3, -0.25) is 4.79 Å². The van der Waals surface area contributed by atoms with Crippen LogP contribution in [0.2, 0.25) is 5.02 Å². The van der Waals surface area contributed by atoms with Gasteiger partial charge in [0.2, 0.25) is 0 Å². The second kappa shape index (κ2) is 8.02. The zero-order valence-electron chi connectivity index (χ0n) is 13.7. The normalized spacial score (nSPS) is 11.3. The second-order valence-corrected chi connectivity index (χ2v) is 6.91. The molecule has 0 atom stereocenters. The van der Waals surface area contributed by atoms with E-state index >= 15 is 0 Å². The molecule has 0 saturated carbocycles. The number of nitrogens with one attached hydrogen (secondary N) is 1. The highest BCUT2D eigenvalue weighted by atomic mass is 35.5. The molecule has 1 aromatic heterocycles. The number of rotatable bonds is 5. The van der Waals surface area contributed by atoms with E-state index in [0.717, 1.165) is 23.0 Å². The summed E-state index contributed by atoms with van der Waals surface area (Å²) in [5, 5.41) is 4.64. The highest BCUT2D eigenvalue weighted by molar-refractivity contribution is 7.12. The molecule has 2 aromatic carbocycles. The van der Waals surface area contributed by atoms with Crippen molar-refractivity contribution in [2.24, 2.45) is 0 Å². The summed E-state index contributed by atoms with van der Waals surface area (Å²) in [6.07, 6.45) is -4.54. The molecule has 3 aromatic rings. The van der Waals surface area contributed by atoms with E-state index in [1.54, 1.807) is 35.7 Å². The maximum atomic E-state index is 13.0. The minimum atomic E-state index is -4.54. The Hall–Kier alpha value is -2.51. The molecular weight excluding hydrogens is 399 g/mol. The number of ether oxygens (including phenoxy) is 1. The Morgan fingerprint density at radius 2 is 1.81 bits per heavy atom. The van der Waals surface area contributed by atoms with Gasteiger partial charge in [-0.1, -0.05) is 23.7 Å². The van der Waals surface area contributed by atoms with Gasteiger partial charge in [0.15, 0.2) is 0 Å². The number of amides is 1. The second-order valence-electron chi connectivity index (χ2n) is 5.56. The van der Waals surface area contributed by atoms with Crippen molar-refractivity contribution < 1.29 is 22.7 Å². The summed E-state index contributed by atoms with van der Waals surface area (Å²) >= 11 is 6.94. The Labute approximate surface area is 162 Å². The van der Waals surface area contributed by atoms with Crippen molar-refractivity contribution >= 4 is 34.5 Å². The number of carbonyl (C=O) groups is 1. The number of halogens is 4. The number of thiophene rings is 1. The number of benzene rings is 2. The summed E-state index contributed by atoms with van der Waals surface area (Å²) in [7, 11) is 0. The Kier molecular flexibility index (Phi) is 5.72. The highest BCUT2D eigenvalue weighted by Gasteiger charge is 2.33. The van der Waals surface area contributed by atoms with E-state index in [0.29, 0.717) is 15.6 Å². The topological polar surface area (TPSA) is 38.3 Å². The summed E-state index contributed by atoms with van der Waals surface area (Å²) in [4.78, 5) is 12.6. The molecule has 3 rings (SSSR count). The van der Waals surface area contributed by atoms with Crippen molar-refractivity contribution in [1.29, 1.82) is 0 Å². The van der Waals surface area contributed by atoms with Gasteiger partial charge in [0.1, 0.15) is 12.4 Å². The van der Waals surface area contributed by atoms with Gasteiger partial charge in [0.25, 0.3) is 5.91 Å². The van der Waals surface area contributed by atoms with Gasteiger partial charge >= 0.3 is 6.18 Å². The lowest BCUT2D eigenvalue weighted by molar-refractivity contribution is -0.136. The van der Waals surface area contributed by atoms with Crippen LogP contribution in [0.4, 0.5) is 18.9 Å². The Morgan fingerprint density at radius 3 is 2.52 bits per heavy atom. The molecule has 8 heteroatoms. The van der Waals surface area contributed by atoms with Crippen molar-refractivity contribution in [3.05, 3.63) is 81.0 Å². The van der Waals surface area contributed by atoms with E-state index in [1.165, 1.54) is 18.2 Å². The molecule has 0 spiro atoms. The molecule has 1 N–H and O–H groups in total. The Balaban J connectivity index is 1.66. The molecule has 1 heterocycles. The first kappa shape index (κ1) is 19.3. The average molecular weight is 412 g/mol. The van der Waals surface area contributed by atoms with Crippen LogP contribution in [-0.4, -0.2) is 5.91 Å².